The fraction of sp³-hybridized carbons (Fsp3) is 0.796. The number of phosphoric ester groups is 1. The van der Waals surface area contributed by atoms with Crippen LogP contribution in [0.5, 0.6) is 0 Å². The minimum atomic E-state index is -4.29. The van der Waals surface area contributed by atoms with Crippen LogP contribution in [0.25, 0.3) is 0 Å². The molecule has 0 aromatic heterocycles. The summed E-state index contributed by atoms with van der Waals surface area (Å²) in [6.45, 7) is 5.48. The molecule has 0 aromatic carbocycles. The number of rotatable bonds is 48. The molecule has 0 amide bonds. The summed E-state index contributed by atoms with van der Waals surface area (Å²) in [5, 5.41) is 0. The highest BCUT2D eigenvalue weighted by molar-refractivity contribution is 7.47. The molecule has 9 heteroatoms. The predicted molar refractivity (Wildman–Crippen MR) is 270 cm³/mol. The maximum absolute atomic E-state index is 12.8. The minimum absolute atomic E-state index is 0.0839. The Hall–Kier alpha value is -1.80. The molecule has 8 nitrogen and oxygen atoms in total. The zero-order valence-corrected chi connectivity index (χ0v) is 42.7. The summed E-state index contributed by atoms with van der Waals surface area (Å²) in [6.07, 6.45) is 59.8. The molecule has 0 aliphatic rings. The maximum Gasteiger partial charge on any atom is 0.472 e. The number of likely N-dealkylation sites (N-methyl/N-ethyl adjacent to an activating group) is 1. The Balaban J connectivity index is 4.11. The van der Waals surface area contributed by atoms with Gasteiger partial charge < -0.3 is 18.9 Å². The van der Waals surface area contributed by atoms with Crippen molar-refractivity contribution in [2.45, 2.75) is 225 Å². The molecule has 0 saturated heterocycles. The van der Waals surface area contributed by atoms with E-state index < -0.39 is 13.9 Å². The van der Waals surface area contributed by atoms with Gasteiger partial charge in [0, 0.05) is 13.0 Å². The second-order valence-corrected chi connectivity index (χ2v) is 20.0. The van der Waals surface area contributed by atoms with Crippen molar-refractivity contribution in [3.63, 3.8) is 0 Å². The third-order valence-corrected chi connectivity index (χ3v) is 12.0. The zero-order valence-electron chi connectivity index (χ0n) is 41.8. The monoisotopic (exact) mass is 907 g/mol. The number of phosphoric acid groups is 1. The van der Waals surface area contributed by atoms with E-state index in [-0.39, 0.29) is 25.8 Å². The minimum Gasteiger partial charge on any atom is -0.457 e. The van der Waals surface area contributed by atoms with Gasteiger partial charge in [-0.3, -0.25) is 13.8 Å². The van der Waals surface area contributed by atoms with Gasteiger partial charge in [-0.05, 0) is 77.0 Å². The van der Waals surface area contributed by atoms with Crippen molar-refractivity contribution in [2.24, 2.45) is 0 Å². The predicted octanol–water partition coefficient (Wildman–Crippen LogP) is 16.1. The van der Waals surface area contributed by atoms with Gasteiger partial charge in [0.1, 0.15) is 19.3 Å². The number of ether oxygens (including phenoxy) is 2. The third-order valence-electron chi connectivity index (χ3n) is 11.1. The molecule has 0 aliphatic carbocycles. The van der Waals surface area contributed by atoms with Crippen molar-refractivity contribution in [3.05, 3.63) is 60.8 Å². The first-order chi connectivity index (χ1) is 30.6. The van der Waals surface area contributed by atoms with Gasteiger partial charge in [0.2, 0.25) is 0 Å². The summed E-state index contributed by atoms with van der Waals surface area (Å²) in [6, 6.07) is 0. The summed E-state index contributed by atoms with van der Waals surface area (Å²) in [7, 11) is 1.66. The third kappa shape index (κ3) is 51.1. The molecule has 2 unspecified atom stereocenters. The number of hydrogen-bond donors (Lipinski definition) is 1. The van der Waals surface area contributed by atoms with Crippen molar-refractivity contribution < 1.29 is 37.3 Å². The van der Waals surface area contributed by atoms with Gasteiger partial charge >= 0.3 is 13.8 Å². The van der Waals surface area contributed by atoms with Crippen molar-refractivity contribution in [1.82, 2.24) is 0 Å². The summed E-state index contributed by atoms with van der Waals surface area (Å²) in [4.78, 5) is 23.0. The topological polar surface area (TPSA) is 91.3 Å². The van der Waals surface area contributed by atoms with Crippen molar-refractivity contribution >= 4 is 13.8 Å². The van der Waals surface area contributed by atoms with Crippen LogP contribution in [-0.4, -0.2) is 75.6 Å². The average Bonchev–Trinajstić information content (AvgIpc) is 3.24. The Kier molecular flexibility index (Phi) is 45.4. The van der Waals surface area contributed by atoms with E-state index in [0.717, 1.165) is 70.6 Å². The van der Waals surface area contributed by atoms with Crippen LogP contribution in [0.15, 0.2) is 60.8 Å². The lowest BCUT2D eigenvalue weighted by Gasteiger charge is -2.24. The molecule has 0 spiro atoms. The highest BCUT2D eigenvalue weighted by atomic mass is 31.2. The van der Waals surface area contributed by atoms with Crippen molar-refractivity contribution in [3.8, 4) is 0 Å². The number of quaternary nitrogens is 1. The van der Waals surface area contributed by atoms with Gasteiger partial charge in [0.15, 0.2) is 0 Å². The standard InChI is InChI=1S/C54H100NO7P/c1-6-8-10-12-14-16-18-20-22-24-25-26-27-28-29-30-31-32-33-35-37-39-41-43-45-47-54(56)62-53(52-61-63(57,58)60-50-48-55(3,4)5)51-59-49-46-44-42-40-38-36-34-23-21-19-17-15-13-11-9-7-2/h9,11,15,17-18,20-21,23-25,53H,6-8,10,12-14,16,19,22,26-52H2,1-5H3/p+1/b11-9-,17-15-,20-18-,23-21-,25-24-. The van der Waals surface area contributed by atoms with Crippen LogP contribution in [0.3, 0.4) is 0 Å². The molecule has 0 fully saturated rings. The molecule has 0 rings (SSSR count). The number of nitrogens with zero attached hydrogens (tertiary/aromatic N) is 1. The first kappa shape index (κ1) is 61.2. The lowest BCUT2D eigenvalue weighted by Crippen LogP contribution is -2.37. The Morgan fingerprint density at radius 1 is 0.508 bits per heavy atom. The molecule has 0 heterocycles. The second-order valence-electron chi connectivity index (χ2n) is 18.5. The van der Waals surface area contributed by atoms with Crippen LogP contribution in [0.2, 0.25) is 0 Å². The molecule has 0 radical (unpaired) electrons. The molecule has 63 heavy (non-hydrogen) atoms. The van der Waals surface area contributed by atoms with Crippen LogP contribution < -0.4 is 0 Å². The summed E-state index contributed by atoms with van der Waals surface area (Å²) >= 11 is 0. The summed E-state index contributed by atoms with van der Waals surface area (Å²) < 4.78 is 35.1. The van der Waals surface area contributed by atoms with E-state index in [0.29, 0.717) is 24.1 Å². The van der Waals surface area contributed by atoms with E-state index in [4.69, 9.17) is 18.5 Å². The molecule has 0 saturated carbocycles. The molecule has 0 bridgehead atoms. The molecule has 2 atom stereocenters. The average molecular weight is 907 g/mol. The normalized spacial score (nSPS) is 14.1. The van der Waals surface area contributed by atoms with Crippen LogP contribution in [0.4, 0.5) is 0 Å². The Bertz CT molecular complexity index is 1190. The Labute approximate surface area is 390 Å². The second kappa shape index (κ2) is 46.7. The number of allylic oxidation sites excluding steroid dienone is 10. The lowest BCUT2D eigenvalue weighted by molar-refractivity contribution is -0.870. The molecule has 368 valence electrons. The highest BCUT2D eigenvalue weighted by Crippen LogP contribution is 2.43. The summed E-state index contributed by atoms with van der Waals surface area (Å²) in [5.41, 5.74) is 0. The van der Waals surface area contributed by atoms with E-state index >= 15 is 0 Å². The number of carbonyl (C=O) groups excluding carboxylic acids is 1. The first-order valence-corrected chi connectivity index (χ1v) is 27.5. The molecule has 0 aliphatic heterocycles. The van der Waals surface area contributed by atoms with Gasteiger partial charge in [0.25, 0.3) is 0 Å². The molecule has 0 aromatic rings. The number of unbranched alkanes of at least 4 members (excludes halogenated alkanes) is 24. The zero-order chi connectivity index (χ0) is 46.2. The van der Waals surface area contributed by atoms with Crippen LogP contribution in [-0.2, 0) is 27.9 Å². The van der Waals surface area contributed by atoms with Crippen molar-refractivity contribution in [2.75, 3.05) is 54.1 Å². The molecular weight excluding hydrogens is 806 g/mol. The van der Waals surface area contributed by atoms with Gasteiger partial charge in [0.05, 0.1) is 34.4 Å². The SMILES string of the molecule is CC/C=C\C/C=C\C/C=C\CCCCCCCCOCC(COP(=O)(O)OCC[N+](C)(C)C)OC(=O)CCCCCCCCCCCCCCC/C=C\C/C=C\CCCCCCC. The van der Waals surface area contributed by atoms with E-state index in [1.807, 2.05) is 21.1 Å². The van der Waals surface area contributed by atoms with Gasteiger partial charge in [-0.25, -0.2) is 4.57 Å². The quantitative estimate of drug-likeness (QED) is 0.0214. The van der Waals surface area contributed by atoms with Crippen LogP contribution in [0, 0.1) is 0 Å². The fourth-order valence-electron chi connectivity index (χ4n) is 7.07. The molecule has 1 N–H and O–H groups in total. The van der Waals surface area contributed by atoms with E-state index in [9.17, 15) is 14.3 Å². The van der Waals surface area contributed by atoms with E-state index in [2.05, 4.69) is 74.6 Å². The van der Waals surface area contributed by atoms with Gasteiger partial charge in [-0.2, -0.15) is 0 Å². The summed E-state index contributed by atoms with van der Waals surface area (Å²) in [5.74, 6) is -0.319. The van der Waals surface area contributed by atoms with Crippen LogP contribution >= 0.6 is 7.82 Å². The van der Waals surface area contributed by atoms with Crippen molar-refractivity contribution in [1.29, 1.82) is 0 Å². The fourth-order valence-corrected chi connectivity index (χ4v) is 7.81. The van der Waals surface area contributed by atoms with Gasteiger partial charge in [-0.1, -0.05) is 197 Å². The van der Waals surface area contributed by atoms with E-state index in [1.165, 1.54) is 128 Å². The van der Waals surface area contributed by atoms with E-state index in [1.54, 1.807) is 0 Å². The highest BCUT2D eigenvalue weighted by Gasteiger charge is 2.26. The Morgan fingerprint density at radius 3 is 1.38 bits per heavy atom. The number of carbonyl (C=O) groups is 1. The lowest BCUT2D eigenvalue weighted by atomic mass is 10.0. The first-order valence-electron chi connectivity index (χ1n) is 26.0. The maximum atomic E-state index is 12.8. The smallest absolute Gasteiger partial charge is 0.457 e. The Morgan fingerprint density at radius 2 is 0.921 bits per heavy atom. The van der Waals surface area contributed by atoms with Crippen LogP contribution in [0.1, 0.15) is 219 Å². The number of esters is 1. The molecular formula is C54H101NO7P+. The largest absolute Gasteiger partial charge is 0.472 e. The van der Waals surface area contributed by atoms with Gasteiger partial charge in [-0.15, -0.1) is 0 Å². The number of hydrogen-bond acceptors (Lipinski definition) is 6.